The van der Waals surface area contributed by atoms with Gasteiger partial charge >= 0.3 is 12.0 Å². The van der Waals surface area contributed by atoms with Gasteiger partial charge in [-0.1, -0.05) is 20.8 Å². The molecule has 0 rings (SSSR count). The number of carbonyl (C=O) groups is 2. The molecule has 2 amide bonds. The fourth-order valence-corrected chi connectivity index (χ4v) is 1.58. The van der Waals surface area contributed by atoms with E-state index in [4.69, 9.17) is 5.11 Å². The molecule has 0 aromatic rings. The lowest BCUT2D eigenvalue weighted by molar-refractivity contribution is -0.140. The van der Waals surface area contributed by atoms with Crippen LogP contribution >= 0.6 is 0 Å². The zero-order valence-electron chi connectivity index (χ0n) is 12.6. The van der Waals surface area contributed by atoms with Crippen molar-refractivity contribution in [2.45, 2.75) is 46.2 Å². The Morgan fingerprint density at radius 2 is 1.84 bits per heavy atom. The van der Waals surface area contributed by atoms with Crippen molar-refractivity contribution in [1.29, 1.82) is 0 Å². The van der Waals surface area contributed by atoms with Gasteiger partial charge in [0.1, 0.15) is 6.04 Å². The van der Waals surface area contributed by atoms with Crippen molar-refractivity contribution in [3.63, 3.8) is 0 Å². The Balaban J connectivity index is 4.02. The lowest BCUT2D eigenvalue weighted by Crippen LogP contribution is -2.49. The summed E-state index contributed by atoms with van der Waals surface area (Å²) in [6.07, 6.45) is 1.05. The Labute approximate surface area is 115 Å². The summed E-state index contributed by atoms with van der Waals surface area (Å²) in [7, 11) is 2.00. The van der Waals surface area contributed by atoms with Gasteiger partial charge in [0, 0.05) is 19.1 Å². The van der Waals surface area contributed by atoms with Gasteiger partial charge < -0.3 is 20.6 Å². The minimum absolute atomic E-state index is 0.147. The van der Waals surface area contributed by atoms with Crippen molar-refractivity contribution >= 4 is 12.0 Å². The monoisotopic (exact) mass is 273 g/mol. The van der Waals surface area contributed by atoms with E-state index in [-0.39, 0.29) is 5.92 Å². The molecule has 6 nitrogen and oxygen atoms in total. The van der Waals surface area contributed by atoms with E-state index in [9.17, 15) is 9.59 Å². The molecule has 112 valence electrons. The van der Waals surface area contributed by atoms with Crippen molar-refractivity contribution in [3.05, 3.63) is 0 Å². The van der Waals surface area contributed by atoms with Gasteiger partial charge in [-0.3, -0.25) is 0 Å². The third-order valence-corrected chi connectivity index (χ3v) is 3.31. The predicted octanol–water partition coefficient (Wildman–Crippen LogP) is 1.13. The van der Waals surface area contributed by atoms with Crippen molar-refractivity contribution < 1.29 is 14.7 Å². The molecule has 2 atom stereocenters. The molecule has 2 unspecified atom stereocenters. The van der Waals surface area contributed by atoms with E-state index in [2.05, 4.69) is 29.4 Å². The standard InChI is InChI=1S/C13H27N3O3/c1-6-10(4)16(5)8-7-14-13(19)15-11(9(2)3)12(17)18/h9-11H,6-8H2,1-5H3,(H,17,18)(H2,14,15,19). The van der Waals surface area contributed by atoms with Crippen LogP contribution in [0.15, 0.2) is 0 Å². The average Bonchev–Trinajstić information content (AvgIpc) is 2.33. The Kier molecular flexibility index (Phi) is 8.14. The number of carbonyl (C=O) groups excluding carboxylic acids is 1. The van der Waals surface area contributed by atoms with Gasteiger partial charge in [-0.15, -0.1) is 0 Å². The number of likely N-dealkylation sites (N-methyl/N-ethyl adjacent to an activating group) is 1. The molecular formula is C13H27N3O3. The summed E-state index contributed by atoms with van der Waals surface area (Å²) >= 11 is 0. The van der Waals surface area contributed by atoms with Crippen LogP contribution in [-0.4, -0.2) is 54.2 Å². The molecule has 19 heavy (non-hydrogen) atoms. The Morgan fingerprint density at radius 3 is 2.26 bits per heavy atom. The highest BCUT2D eigenvalue weighted by atomic mass is 16.4. The number of urea groups is 1. The predicted molar refractivity (Wildman–Crippen MR) is 75.2 cm³/mol. The van der Waals surface area contributed by atoms with Crippen molar-refractivity contribution in [2.75, 3.05) is 20.1 Å². The van der Waals surface area contributed by atoms with E-state index in [1.54, 1.807) is 13.8 Å². The van der Waals surface area contributed by atoms with E-state index in [1.807, 2.05) is 7.05 Å². The quantitative estimate of drug-likeness (QED) is 0.619. The summed E-state index contributed by atoms with van der Waals surface area (Å²) < 4.78 is 0. The molecule has 6 heteroatoms. The molecule has 0 aromatic carbocycles. The molecule has 0 saturated heterocycles. The van der Waals surface area contributed by atoms with Gasteiger partial charge in [0.05, 0.1) is 0 Å². The molecular weight excluding hydrogens is 246 g/mol. The second-order valence-electron chi connectivity index (χ2n) is 5.20. The van der Waals surface area contributed by atoms with Gasteiger partial charge in [0.25, 0.3) is 0 Å². The topological polar surface area (TPSA) is 81.7 Å². The summed E-state index contributed by atoms with van der Waals surface area (Å²) in [5.41, 5.74) is 0. The fraction of sp³-hybridized carbons (Fsp3) is 0.846. The lowest BCUT2D eigenvalue weighted by atomic mass is 10.1. The summed E-state index contributed by atoms with van der Waals surface area (Å²) in [4.78, 5) is 24.7. The van der Waals surface area contributed by atoms with E-state index >= 15 is 0 Å². The van der Waals surface area contributed by atoms with Crippen LogP contribution in [0.5, 0.6) is 0 Å². The molecule has 0 aromatic heterocycles. The first kappa shape index (κ1) is 17.7. The molecule has 0 radical (unpaired) electrons. The first-order valence-electron chi connectivity index (χ1n) is 6.77. The second-order valence-corrected chi connectivity index (χ2v) is 5.20. The number of carboxylic acid groups (broad SMARTS) is 1. The van der Waals surface area contributed by atoms with Gasteiger partial charge in [-0.2, -0.15) is 0 Å². The molecule has 0 saturated carbocycles. The van der Waals surface area contributed by atoms with E-state index in [0.717, 1.165) is 13.0 Å². The molecule has 0 spiro atoms. The van der Waals surface area contributed by atoms with E-state index < -0.39 is 18.0 Å². The van der Waals surface area contributed by atoms with Gasteiger partial charge in [-0.25, -0.2) is 9.59 Å². The minimum atomic E-state index is -1.01. The Morgan fingerprint density at radius 1 is 1.26 bits per heavy atom. The maximum Gasteiger partial charge on any atom is 0.326 e. The first-order valence-corrected chi connectivity index (χ1v) is 6.77. The fourth-order valence-electron chi connectivity index (χ4n) is 1.58. The molecule has 0 heterocycles. The van der Waals surface area contributed by atoms with Crippen molar-refractivity contribution in [1.82, 2.24) is 15.5 Å². The number of aliphatic carboxylic acids is 1. The van der Waals surface area contributed by atoms with Crippen LogP contribution in [0, 0.1) is 5.92 Å². The largest absolute Gasteiger partial charge is 0.480 e. The molecule has 0 aliphatic carbocycles. The number of hydrogen-bond donors (Lipinski definition) is 3. The van der Waals surface area contributed by atoms with Gasteiger partial charge in [0.2, 0.25) is 0 Å². The van der Waals surface area contributed by atoms with Crippen LogP contribution in [-0.2, 0) is 4.79 Å². The van der Waals surface area contributed by atoms with Crippen LogP contribution in [0.4, 0.5) is 4.79 Å². The summed E-state index contributed by atoms with van der Waals surface area (Å²) in [5.74, 6) is -1.16. The number of rotatable bonds is 8. The highest BCUT2D eigenvalue weighted by Gasteiger charge is 2.23. The van der Waals surface area contributed by atoms with Gasteiger partial charge in [-0.05, 0) is 26.3 Å². The van der Waals surface area contributed by atoms with Crippen LogP contribution in [0.2, 0.25) is 0 Å². The van der Waals surface area contributed by atoms with Crippen LogP contribution in [0.1, 0.15) is 34.1 Å². The van der Waals surface area contributed by atoms with Crippen LogP contribution in [0.3, 0.4) is 0 Å². The summed E-state index contributed by atoms with van der Waals surface area (Å²) in [6, 6.07) is -0.821. The molecule has 0 aliphatic heterocycles. The Hall–Kier alpha value is -1.30. The molecule has 0 bridgehead atoms. The summed E-state index contributed by atoms with van der Waals surface area (Å²) in [6.45, 7) is 8.99. The number of amides is 2. The third-order valence-electron chi connectivity index (χ3n) is 3.31. The van der Waals surface area contributed by atoms with Crippen molar-refractivity contribution in [2.24, 2.45) is 5.92 Å². The van der Waals surface area contributed by atoms with Crippen LogP contribution in [0.25, 0.3) is 0 Å². The highest BCUT2D eigenvalue weighted by molar-refractivity contribution is 5.82. The zero-order chi connectivity index (χ0) is 15.0. The maximum atomic E-state index is 11.6. The highest BCUT2D eigenvalue weighted by Crippen LogP contribution is 2.01. The first-order chi connectivity index (χ1) is 8.79. The summed E-state index contributed by atoms with van der Waals surface area (Å²) in [5, 5.41) is 14.1. The van der Waals surface area contributed by atoms with Crippen LogP contribution < -0.4 is 10.6 Å². The smallest absolute Gasteiger partial charge is 0.326 e. The lowest BCUT2D eigenvalue weighted by Gasteiger charge is -2.24. The van der Waals surface area contributed by atoms with Gasteiger partial charge in [0.15, 0.2) is 0 Å². The SMILES string of the molecule is CCC(C)N(C)CCNC(=O)NC(C(=O)O)C(C)C. The second kappa shape index (κ2) is 8.74. The van der Waals surface area contributed by atoms with Crippen molar-refractivity contribution in [3.8, 4) is 0 Å². The normalized spacial score (nSPS) is 14.3. The minimum Gasteiger partial charge on any atom is -0.480 e. The average molecular weight is 273 g/mol. The van der Waals surface area contributed by atoms with E-state index in [1.165, 1.54) is 0 Å². The number of nitrogens with zero attached hydrogens (tertiary/aromatic N) is 1. The number of hydrogen-bond acceptors (Lipinski definition) is 3. The molecule has 0 fully saturated rings. The molecule has 3 N–H and O–H groups in total. The zero-order valence-corrected chi connectivity index (χ0v) is 12.6. The molecule has 0 aliphatic rings. The van der Waals surface area contributed by atoms with E-state index in [0.29, 0.717) is 12.6 Å². The number of nitrogens with one attached hydrogen (secondary N) is 2. The third kappa shape index (κ3) is 7.00. The Bertz CT molecular complexity index is 295. The number of carboxylic acids is 1. The maximum absolute atomic E-state index is 11.6.